The minimum absolute atomic E-state index is 0.756. The fraction of sp³-hybridized carbons (Fsp3) is 0.125. The van der Waals surface area contributed by atoms with E-state index in [1.165, 1.54) is 0 Å². The molecule has 0 spiro atoms. The van der Waals surface area contributed by atoms with Gasteiger partial charge in [0, 0.05) is 5.69 Å². The van der Waals surface area contributed by atoms with Crippen molar-refractivity contribution >= 4 is 5.69 Å². The van der Waals surface area contributed by atoms with E-state index in [9.17, 15) is 0 Å². The lowest BCUT2D eigenvalue weighted by Crippen LogP contribution is -2.02. The van der Waals surface area contributed by atoms with Crippen LogP contribution in [0.25, 0.3) is 17.1 Å². The lowest BCUT2D eigenvalue weighted by molar-refractivity contribution is 0.545. The number of anilines is 1. The van der Waals surface area contributed by atoms with Crippen molar-refractivity contribution in [2.45, 2.75) is 13.8 Å². The standard InChI is InChI=1S/C16H16N2O/c1-11-7-9-15(16-10-8-12(2)19-16)18(11)14-6-4-3-5-13(14)17/h3-10H,17H2,1-2H3. The van der Waals surface area contributed by atoms with Gasteiger partial charge in [0.15, 0.2) is 5.76 Å². The highest BCUT2D eigenvalue weighted by Crippen LogP contribution is 2.30. The zero-order chi connectivity index (χ0) is 13.4. The topological polar surface area (TPSA) is 44.1 Å². The number of benzene rings is 1. The summed E-state index contributed by atoms with van der Waals surface area (Å²) in [6.07, 6.45) is 0. The Kier molecular flexibility index (Phi) is 2.67. The molecule has 3 rings (SSSR count). The minimum Gasteiger partial charge on any atom is -0.460 e. The van der Waals surface area contributed by atoms with Gasteiger partial charge in [0.1, 0.15) is 5.76 Å². The second-order valence-corrected chi connectivity index (χ2v) is 4.66. The van der Waals surface area contributed by atoms with Gasteiger partial charge in [-0.15, -0.1) is 0 Å². The van der Waals surface area contributed by atoms with E-state index in [0.29, 0.717) is 0 Å². The number of aryl methyl sites for hydroxylation is 2. The maximum atomic E-state index is 6.08. The Morgan fingerprint density at radius 2 is 1.74 bits per heavy atom. The van der Waals surface area contributed by atoms with Crippen LogP contribution in [0.3, 0.4) is 0 Å². The molecule has 2 N–H and O–H groups in total. The van der Waals surface area contributed by atoms with Crippen molar-refractivity contribution in [1.82, 2.24) is 4.57 Å². The molecule has 3 nitrogen and oxygen atoms in total. The second kappa shape index (κ2) is 4.35. The Bertz CT molecular complexity index is 722. The normalized spacial score (nSPS) is 10.8. The summed E-state index contributed by atoms with van der Waals surface area (Å²) >= 11 is 0. The highest BCUT2D eigenvalue weighted by Gasteiger charge is 2.13. The SMILES string of the molecule is Cc1ccc(-c2ccc(C)n2-c2ccccc2N)o1. The summed E-state index contributed by atoms with van der Waals surface area (Å²) in [6, 6.07) is 15.9. The Morgan fingerprint density at radius 1 is 0.947 bits per heavy atom. The fourth-order valence-electron chi connectivity index (χ4n) is 2.31. The number of nitrogen functional groups attached to an aromatic ring is 1. The average molecular weight is 252 g/mol. The first-order valence-corrected chi connectivity index (χ1v) is 6.27. The number of para-hydroxylation sites is 2. The number of aromatic nitrogens is 1. The van der Waals surface area contributed by atoms with Gasteiger partial charge in [0.05, 0.1) is 17.1 Å². The second-order valence-electron chi connectivity index (χ2n) is 4.66. The van der Waals surface area contributed by atoms with E-state index in [4.69, 9.17) is 10.2 Å². The van der Waals surface area contributed by atoms with Crippen molar-refractivity contribution in [1.29, 1.82) is 0 Å². The number of furan rings is 1. The van der Waals surface area contributed by atoms with E-state index >= 15 is 0 Å². The third-order valence-electron chi connectivity index (χ3n) is 3.25. The van der Waals surface area contributed by atoms with Gasteiger partial charge in [-0.3, -0.25) is 0 Å². The molecule has 0 saturated carbocycles. The molecule has 0 fully saturated rings. The summed E-state index contributed by atoms with van der Waals surface area (Å²) in [6.45, 7) is 4.01. The fourth-order valence-corrected chi connectivity index (χ4v) is 2.31. The molecule has 0 bridgehead atoms. The van der Waals surface area contributed by atoms with Crippen LogP contribution in [0.2, 0.25) is 0 Å². The van der Waals surface area contributed by atoms with Gasteiger partial charge >= 0.3 is 0 Å². The molecule has 0 radical (unpaired) electrons. The van der Waals surface area contributed by atoms with Crippen molar-refractivity contribution in [3.05, 3.63) is 60.0 Å². The van der Waals surface area contributed by atoms with E-state index in [2.05, 4.69) is 23.6 Å². The smallest absolute Gasteiger partial charge is 0.151 e. The van der Waals surface area contributed by atoms with Crippen molar-refractivity contribution in [2.75, 3.05) is 5.73 Å². The lowest BCUT2D eigenvalue weighted by atomic mass is 10.2. The molecule has 1 aromatic carbocycles. The molecule has 2 heterocycles. The molecule has 0 unspecified atom stereocenters. The number of hydrogen-bond acceptors (Lipinski definition) is 2. The number of nitrogens with two attached hydrogens (primary N) is 1. The van der Waals surface area contributed by atoms with Crippen LogP contribution in [-0.2, 0) is 0 Å². The first-order chi connectivity index (χ1) is 9.16. The summed E-state index contributed by atoms with van der Waals surface area (Å²) in [4.78, 5) is 0. The van der Waals surface area contributed by atoms with Gasteiger partial charge < -0.3 is 14.7 Å². The summed E-state index contributed by atoms with van der Waals surface area (Å²) in [5.41, 5.74) is 9.96. The summed E-state index contributed by atoms with van der Waals surface area (Å²) in [5.74, 6) is 1.76. The molecule has 0 saturated heterocycles. The summed E-state index contributed by atoms with van der Waals surface area (Å²) < 4.78 is 7.84. The Balaban J connectivity index is 2.22. The van der Waals surface area contributed by atoms with Gasteiger partial charge in [0.25, 0.3) is 0 Å². The van der Waals surface area contributed by atoms with Crippen molar-refractivity contribution in [3.8, 4) is 17.1 Å². The molecule has 0 aliphatic heterocycles. The van der Waals surface area contributed by atoms with E-state index in [1.807, 2.05) is 43.3 Å². The molecule has 3 aromatic rings. The van der Waals surface area contributed by atoms with Crippen LogP contribution >= 0.6 is 0 Å². The molecule has 3 heteroatoms. The van der Waals surface area contributed by atoms with E-state index < -0.39 is 0 Å². The molecule has 0 aliphatic carbocycles. The average Bonchev–Trinajstić information content (AvgIpc) is 2.96. The van der Waals surface area contributed by atoms with Gasteiger partial charge in [-0.25, -0.2) is 0 Å². The monoisotopic (exact) mass is 252 g/mol. The van der Waals surface area contributed by atoms with Crippen LogP contribution < -0.4 is 5.73 Å². The van der Waals surface area contributed by atoms with Gasteiger partial charge in [-0.05, 0) is 50.2 Å². The largest absolute Gasteiger partial charge is 0.460 e. The van der Waals surface area contributed by atoms with Crippen molar-refractivity contribution in [2.24, 2.45) is 0 Å². The van der Waals surface area contributed by atoms with Crippen LogP contribution in [0.1, 0.15) is 11.5 Å². The van der Waals surface area contributed by atoms with E-state index in [-0.39, 0.29) is 0 Å². The predicted molar refractivity (Wildman–Crippen MR) is 77.4 cm³/mol. The zero-order valence-electron chi connectivity index (χ0n) is 11.1. The number of nitrogens with zero attached hydrogens (tertiary/aromatic N) is 1. The minimum atomic E-state index is 0.756. The Hall–Kier alpha value is -2.42. The third-order valence-corrected chi connectivity index (χ3v) is 3.25. The highest BCUT2D eigenvalue weighted by molar-refractivity contribution is 5.66. The van der Waals surface area contributed by atoms with Gasteiger partial charge in [-0.2, -0.15) is 0 Å². The molecule has 0 amide bonds. The summed E-state index contributed by atoms with van der Waals surface area (Å²) in [5, 5.41) is 0. The van der Waals surface area contributed by atoms with Gasteiger partial charge in [-0.1, -0.05) is 12.1 Å². The molecule has 96 valence electrons. The molecule has 0 aliphatic rings. The lowest BCUT2D eigenvalue weighted by Gasteiger charge is -2.12. The van der Waals surface area contributed by atoms with Crippen molar-refractivity contribution in [3.63, 3.8) is 0 Å². The molecule has 19 heavy (non-hydrogen) atoms. The first kappa shape index (κ1) is 11.7. The molecule has 2 aromatic heterocycles. The zero-order valence-corrected chi connectivity index (χ0v) is 11.1. The highest BCUT2D eigenvalue weighted by atomic mass is 16.3. The van der Waals surface area contributed by atoms with Crippen LogP contribution in [0, 0.1) is 13.8 Å². The summed E-state index contributed by atoms with van der Waals surface area (Å²) in [7, 11) is 0. The third kappa shape index (κ3) is 1.93. The van der Waals surface area contributed by atoms with E-state index in [1.54, 1.807) is 0 Å². The van der Waals surface area contributed by atoms with E-state index in [0.717, 1.165) is 34.3 Å². The molecule has 0 atom stereocenters. The van der Waals surface area contributed by atoms with Crippen LogP contribution in [0.5, 0.6) is 0 Å². The predicted octanol–water partition coefficient (Wildman–Crippen LogP) is 3.94. The first-order valence-electron chi connectivity index (χ1n) is 6.27. The van der Waals surface area contributed by atoms with Crippen LogP contribution in [0.4, 0.5) is 5.69 Å². The maximum absolute atomic E-state index is 6.08. The maximum Gasteiger partial charge on any atom is 0.151 e. The Labute approximate surface area is 112 Å². The van der Waals surface area contributed by atoms with Gasteiger partial charge in [0.2, 0.25) is 0 Å². The number of rotatable bonds is 2. The number of hydrogen-bond donors (Lipinski definition) is 1. The van der Waals surface area contributed by atoms with Crippen LogP contribution in [-0.4, -0.2) is 4.57 Å². The Morgan fingerprint density at radius 3 is 2.42 bits per heavy atom. The molecular weight excluding hydrogens is 236 g/mol. The quantitative estimate of drug-likeness (QED) is 0.702. The van der Waals surface area contributed by atoms with Crippen LogP contribution in [0.15, 0.2) is 52.9 Å². The van der Waals surface area contributed by atoms with Crippen molar-refractivity contribution < 1.29 is 4.42 Å². The molecular formula is C16H16N2O.